The molecule has 0 unspecified atom stereocenters. The van der Waals surface area contributed by atoms with Crippen LogP contribution in [0.25, 0.3) is 0 Å². The molecule has 1 N–H and O–H groups in total. The first kappa shape index (κ1) is 12.3. The van der Waals surface area contributed by atoms with Gasteiger partial charge in [-0.15, -0.1) is 0 Å². The van der Waals surface area contributed by atoms with E-state index in [2.05, 4.69) is 9.97 Å². The SMILES string of the molecule is O=c1[nH]cnc(OCc2ccc3c(c2)OCO3)c1I. The highest BCUT2D eigenvalue weighted by atomic mass is 127. The Bertz CT molecular complexity index is 671. The van der Waals surface area contributed by atoms with Crippen LogP contribution in [0, 0.1) is 3.57 Å². The van der Waals surface area contributed by atoms with Gasteiger partial charge in [0.1, 0.15) is 10.2 Å². The van der Waals surface area contributed by atoms with Crippen LogP contribution in [0.3, 0.4) is 0 Å². The van der Waals surface area contributed by atoms with Gasteiger partial charge in [-0.3, -0.25) is 4.79 Å². The summed E-state index contributed by atoms with van der Waals surface area (Å²) in [6.07, 6.45) is 1.32. The second kappa shape index (κ2) is 5.08. The van der Waals surface area contributed by atoms with Crippen molar-refractivity contribution in [2.45, 2.75) is 6.61 Å². The third-order valence-corrected chi connectivity index (χ3v) is 3.53. The summed E-state index contributed by atoms with van der Waals surface area (Å²) in [7, 11) is 0. The Morgan fingerprint density at radius 1 is 1.37 bits per heavy atom. The summed E-state index contributed by atoms with van der Waals surface area (Å²) in [5.41, 5.74) is 0.707. The molecule has 98 valence electrons. The van der Waals surface area contributed by atoms with Gasteiger partial charge in [0.05, 0.1) is 6.33 Å². The Labute approximate surface area is 121 Å². The van der Waals surface area contributed by atoms with E-state index < -0.39 is 0 Å². The lowest BCUT2D eigenvalue weighted by Crippen LogP contribution is -2.12. The summed E-state index contributed by atoms with van der Waals surface area (Å²) in [6.45, 7) is 0.552. The Hall–Kier alpha value is -1.77. The van der Waals surface area contributed by atoms with Crippen molar-refractivity contribution < 1.29 is 14.2 Å². The largest absolute Gasteiger partial charge is 0.472 e. The highest BCUT2D eigenvalue weighted by Crippen LogP contribution is 2.32. The zero-order valence-electron chi connectivity index (χ0n) is 9.68. The molecule has 1 aromatic heterocycles. The summed E-state index contributed by atoms with van der Waals surface area (Å²) in [5.74, 6) is 1.75. The van der Waals surface area contributed by atoms with Crippen molar-refractivity contribution in [1.29, 1.82) is 0 Å². The minimum Gasteiger partial charge on any atom is -0.472 e. The molecule has 1 aliphatic heterocycles. The van der Waals surface area contributed by atoms with Crippen LogP contribution >= 0.6 is 22.6 Å². The molecule has 6 nitrogen and oxygen atoms in total. The van der Waals surface area contributed by atoms with Crippen LogP contribution in [0.5, 0.6) is 17.4 Å². The number of hydrogen-bond acceptors (Lipinski definition) is 5. The van der Waals surface area contributed by atoms with Gasteiger partial charge in [0.15, 0.2) is 11.5 Å². The van der Waals surface area contributed by atoms with Crippen molar-refractivity contribution in [2.75, 3.05) is 6.79 Å². The molecular weight excluding hydrogens is 363 g/mol. The lowest BCUT2D eigenvalue weighted by atomic mass is 10.2. The summed E-state index contributed by atoms with van der Waals surface area (Å²) in [5, 5.41) is 0. The molecule has 0 bridgehead atoms. The van der Waals surface area contributed by atoms with Crippen molar-refractivity contribution in [1.82, 2.24) is 9.97 Å². The number of H-pyrrole nitrogens is 1. The maximum Gasteiger partial charge on any atom is 0.268 e. The minimum atomic E-state index is -0.212. The topological polar surface area (TPSA) is 73.4 Å². The molecule has 0 fully saturated rings. The average Bonchev–Trinajstić information content (AvgIpc) is 2.88. The highest BCUT2D eigenvalue weighted by Gasteiger charge is 2.14. The average molecular weight is 372 g/mol. The number of halogens is 1. The summed E-state index contributed by atoms with van der Waals surface area (Å²) in [6, 6.07) is 5.56. The van der Waals surface area contributed by atoms with Crippen LogP contribution in [0.2, 0.25) is 0 Å². The Balaban J connectivity index is 1.76. The van der Waals surface area contributed by atoms with Gasteiger partial charge in [0, 0.05) is 0 Å². The zero-order valence-corrected chi connectivity index (χ0v) is 11.8. The molecule has 1 aromatic carbocycles. The summed E-state index contributed by atoms with van der Waals surface area (Å²) in [4.78, 5) is 17.9. The number of nitrogens with one attached hydrogen (secondary N) is 1. The Morgan fingerprint density at radius 2 is 2.21 bits per heavy atom. The van der Waals surface area contributed by atoms with Gasteiger partial charge in [-0.25, -0.2) is 4.98 Å². The summed E-state index contributed by atoms with van der Waals surface area (Å²) >= 11 is 1.90. The molecule has 0 atom stereocenters. The van der Waals surface area contributed by atoms with Gasteiger partial charge in [-0.1, -0.05) is 6.07 Å². The number of fused-ring (bicyclic) bond motifs is 1. The molecule has 0 spiro atoms. The third-order valence-electron chi connectivity index (χ3n) is 2.58. The maximum atomic E-state index is 11.4. The predicted molar refractivity (Wildman–Crippen MR) is 74.5 cm³/mol. The van der Waals surface area contributed by atoms with E-state index in [1.165, 1.54) is 6.33 Å². The fourth-order valence-corrected chi connectivity index (χ4v) is 2.10. The van der Waals surface area contributed by atoms with E-state index >= 15 is 0 Å². The van der Waals surface area contributed by atoms with Gasteiger partial charge in [-0.2, -0.15) is 0 Å². The monoisotopic (exact) mass is 372 g/mol. The standard InChI is InChI=1S/C12H9IN2O4/c13-10-11(16)14-5-15-12(10)17-4-7-1-2-8-9(3-7)19-6-18-8/h1-3,5H,4,6H2,(H,14,15,16). The Kier molecular flexibility index (Phi) is 3.28. The zero-order chi connectivity index (χ0) is 13.2. The second-order valence-electron chi connectivity index (χ2n) is 3.83. The summed E-state index contributed by atoms with van der Waals surface area (Å²) < 4.78 is 16.5. The predicted octanol–water partition coefficient (Wildman–Crippen LogP) is 1.68. The molecule has 19 heavy (non-hydrogen) atoms. The molecule has 0 amide bonds. The first-order valence-electron chi connectivity index (χ1n) is 5.48. The molecular formula is C12H9IN2O4. The van der Waals surface area contributed by atoms with E-state index in [0.29, 0.717) is 21.8 Å². The second-order valence-corrected chi connectivity index (χ2v) is 4.91. The highest BCUT2D eigenvalue weighted by molar-refractivity contribution is 14.1. The molecule has 1 aliphatic rings. The smallest absolute Gasteiger partial charge is 0.268 e. The molecule has 2 aromatic rings. The van der Waals surface area contributed by atoms with Gasteiger partial charge >= 0.3 is 0 Å². The van der Waals surface area contributed by atoms with E-state index in [4.69, 9.17) is 14.2 Å². The van der Waals surface area contributed by atoms with E-state index in [0.717, 1.165) is 11.3 Å². The van der Waals surface area contributed by atoms with Crippen LogP contribution in [0.15, 0.2) is 29.3 Å². The fraction of sp³-hybridized carbons (Fsp3) is 0.167. The van der Waals surface area contributed by atoms with Gasteiger partial charge < -0.3 is 19.2 Å². The quantitative estimate of drug-likeness (QED) is 0.831. The first-order chi connectivity index (χ1) is 9.24. The molecule has 0 saturated heterocycles. The van der Waals surface area contributed by atoms with Crippen LogP contribution in [-0.4, -0.2) is 16.8 Å². The molecule has 2 heterocycles. The minimum absolute atomic E-state index is 0.212. The van der Waals surface area contributed by atoms with Crippen molar-refractivity contribution in [3.8, 4) is 17.4 Å². The molecule has 3 rings (SSSR count). The van der Waals surface area contributed by atoms with Crippen LogP contribution < -0.4 is 19.8 Å². The Morgan fingerprint density at radius 3 is 3.11 bits per heavy atom. The van der Waals surface area contributed by atoms with Crippen molar-refractivity contribution in [3.63, 3.8) is 0 Å². The van der Waals surface area contributed by atoms with Gasteiger partial charge in [0.25, 0.3) is 5.56 Å². The number of rotatable bonds is 3. The van der Waals surface area contributed by atoms with E-state index in [-0.39, 0.29) is 12.4 Å². The maximum absolute atomic E-state index is 11.4. The molecule has 7 heteroatoms. The number of benzene rings is 1. The number of hydrogen-bond donors (Lipinski definition) is 1. The number of ether oxygens (including phenoxy) is 3. The van der Waals surface area contributed by atoms with Crippen LogP contribution in [0.4, 0.5) is 0 Å². The number of aromatic amines is 1. The van der Waals surface area contributed by atoms with Crippen molar-refractivity contribution in [2.24, 2.45) is 0 Å². The molecule has 0 radical (unpaired) electrons. The van der Waals surface area contributed by atoms with Crippen LogP contribution in [0.1, 0.15) is 5.56 Å². The van der Waals surface area contributed by atoms with E-state index in [9.17, 15) is 4.79 Å². The number of nitrogens with zero attached hydrogens (tertiary/aromatic N) is 1. The van der Waals surface area contributed by atoms with Gasteiger partial charge in [-0.05, 0) is 40.3 Å². The molecule has 0 aliphatic carbocycles. The lowest BCUT2D eigenvalue weighted by Gasteiger charge is -2.06. The fourth-order valence-electron chi connectivity index (χ4n) is 1.65. The normalized spacial score (nSPS) is 12.5. The van der Waals surface area contributed by atoms with E-state index in [1.54, 1.807) is 0 Å². The lowest BCUT2D eigenvalue weighted by molar-refractivity contribution is 0.174. The first-order valence-corrected chi connectivity index (χ1v) is 6.56. The molecule has 0 saturated carbocycles. The van der Waals surface area contributed by atoms with E-state index in [1.807, 2.05) is 40.8 Å². The van der Waals surface area contributed by atoms with Crippen molar-refractivity contribution >= 4 is 22.6 Å². The van der Waals surface area contributed by atoms with Crippen LogP contribution in [-0.2, 0) is 6.61 Å². The third kappa shape index (κ3) is 2.50. The number of aromatic nitrogens is 2. The van der Waals surface area contributed by atoms with Crippen molar-refractivity contribution in [3.05, 3.63) is 44.0 Å². The van der Waals surface area contributed by atoms with Gasteiger partial charge in [0.2, 0.25) is 12.7 Å².